The summed E-state index contributed by atoms with van der Waals surface area (Å²) < 4.78 is 34.2. The highest BCUT2D eigenvalue weighted by Gasteiger charge is 2.56. The van der Waals surface area contributed by atoms with Crippen molar-refractivity contribution in [2.75, 3.05) is 23.9 Å². The van der Waals surface area contributed by atoms with Gasteiger partial charge in [-0.2, -0.15) is 0 Å². The number of hydrogen-bond donors (Lipinski definition) is 3. The van der Waals surface area contributed by atoms with Crippen molar-refractivity contribution in [2.24, 2.45) is 11.1 Å². The number of aromatic nitrogens is 1. The number of methoxy groups -OCH3 is 1. The number of hydrogen-bond acceptors (Lipinski definition) is 10. The number of sulfonamides is 1. The van der Waals surface area contributed by atoms with Gasteiger partial charge in [0, 0.05) is 21.5 Å². The Morgan fingerprint density at radius 1 is 1.02 bits per heavy atom. The van der Waals surface area contributed by atoms with Crippen LogP contribution in [0.5, 0.6) is 11.5 Å². The molecule has 0 radical (unpaired) electrons. The maximum atomic E-state index is 13.9. The Morgan fingerprint density at radius 3 is 2.40 bits per heavy atom. The van der Waals surface area contributed by atoms with Gasteiger partial charge in [0.1, 0.15) is 5.25 Å². The molecule has 3 aromatic carbocycles. The van der Waals surface area contributed by atoms with E-state index in [-0.39, 0.29) is 21.3 Å². The van der Waals surface area contributed by atoms with E-state index in [9.17, 15) is 27.6 Å². The fourth-order valence-electron chi connectivity index (χ4n) is 5.29. The second kappa shape index (κ2) is 12.0. The van der Waals surface area contributed by atoms with Gasteiger partial charge in [-0.1, -0.05) is 40.8 Å². The van der Waals surface area contributed by atoms with E-state index in [2.05, 4.69) is 10.3 Å². The van der Waals surface area contributed by atoms with Gasteiger partial charge in [0.2, 0.25) is 21.8 Å². The van der Waals surface area contributed by atoms with Gasteiger partial charge in [-0.25, -0.2) is 18.5 Å². The van der Waals surface area contributed by atoms with Gasteiger partial charge in [-0.15, -0.1) is 0 Å². The molecule has 1 aromatic heterocycles. The molecule has 3 atom stereocenters. The zero-order valence-electron chi connectivity index (χ0n) is 23.2. The van der Waals surface area contributed by atoms with Crippen molar-refractivity contribution in [3.05, 3.63) is 91.9 Å². The van der Waals surface area contributed by atoms with Gasteiger partial charge in [0.25, 0.3) is 5.91 Å². The molecule has 2 aliphatic rings. The van der Waals surface area contributed by atoms with Crippen molar-refractivity contribution in [3.63, 3.8) is 0 Å². The first-order valence-corrected chi connectivity index (χ1v) is 16.8. The Labute approximate surface area is 269 Å². The number of nitrogens with zero attached hydrogens (tertiary/aromatic N) is 1. The van der Waals surface area contributed by atoms with E-state index < -0.39 is 51.4 Å². The third kappa shape index (κ3) is 5.96. The van der Waals surface area contributed by atoms with E-state index in [4.69, 9.17) is 26.2 Å². The van der Waals surface area contributed by atoms with Crippen LogP contribution in [0.4, 0.5) is 11.4 Å². The highest BCUT2D eigenvalue weighted by molar-refractivity contribution is 8.00. The summed E-state index contributed by atoms with van der Waals surface area (Å²) in [5.41, 5.74) is 1.36. The summed E-state index contributed by atoms with van der Waals surface area (Å²) in [4.78, 5) is 56.6. The average molecular weight is 687 g/mol. The number of benzene rings is 3. The third-order valence-electron chi connectivity index (χ3n) is 7.28. The van der Waals surface area contributed by atoms with Gasteiger partial charge >= 0.3 is 4.87 Å². The third-order valence-corrected chi connectivity index (χ3v) is 10.9. The number of nitrogens with one attached hydrogen (secondary N) is 2. The zero-order valence-corrected chi connectivity index (χ0v) is 26.4. The van der Waals surface area contributed by atoms with Crippen LogP contribution in [0.3, 0.4) is 0 Å². The average Bonchev–Trinajstić information content (AvgIpc) is 3.50. The van der Waals surface area contributed by atoms with Gasteiger partial charge in [0.15, 0.2) is 18.1 Å². The number of carbonyl (C=O) groups excluding carboxylic acids is 3. The number of aromatic amines is 1. The largest absolute Gasteiger partial charge is 0.493 e. The van der Waals surface area contributed by atoms with Crippen LogP contribution in [-0.4, -0.2) is 50.1 Å². The lowest BCUT2D eigenvalue weighted by molar-refractivity contribution is -0.122. The van der Waals surface area contributed by atoms with E-state index >= 15 is 0 Å². The molecule has 6 rings (SSSR count). The van der Waals surface area contributed by atoms with E-state index in [1.54, 1.807) is 42.5 Å². The summed E-state index contributed by atoms with van der Waals surface area (Å²) in [5.74, 6) is -2.25. The van der Waals surface area contributed by atoms with Crippen LogP contribution in [0, 0.1) is 5.92 Å². The molecular weight excluding hydrogens is 664 g/mol. The second-order valence-electron chi connectivity index (χ2n) is 10.1. The first kappa shape index (κ1) is 30.9. The maximum Gasteiger partial charge on any atom is 0.305 e. The highest BCUT2D eigenvalue weighted by atomic mass is 35.5. The number of fused-ring (bicyclic) bond motifs is 2. The van der Waals surface area contributed by atoms with E-state index in [1.165, 1.54) is 43.1 Å². The first-order chi connectivity index (χ1) is 21.4. The SMILES string of the molecule is COc1cc(C2c3sc(=O)[nH]c3SC3C(=O)N(c4ccc(Cl)cc4)C(=O)C32)ccc1OCC(=O)Nc1ccc(S(N)(=O)=O)cc1. The Balaban J connectivity index is 1.25. The number of halogens is 1. The number of rotatable bonds is 8. The van der Waals surface area contributed by atoms with Crippen molar-refractivity contribution in [1.29, 1.82) is 0 Å². The van der Waals surface area contributed by atoms with Crippen molar-refractivity contribution < 1.29 is 32.3 Å². The Bertz CT molecular complexity index is 1990. The molecule has 0 aliphatic carbocycles. The van der Waals surface area contributed by atoms with Crippen LogP contribution in [-0.2, 0) is 24.4 Å². The monoisotopic (exact) mass is 686 g/mol. The fourth-order valence-corrected chi connectivity index (χ4v) is 8.44. The molecule has 232 valence electrons. The second-order valence-corrected chi connectivity index (χ2v) is 14.2. The van der Waals surface area contributed by atoms with Crippen LogP contribution in [0.1, 0.15) is 16.4 Å². The van der Waals surface area contributed by atoms with Gasteiger partial charge < -0.3 is 19.8 Å². The first-order valence-electron chi connectivity index (χ1n) is 13.2. The summed E-state index contributed by atoms with van der Waals surface area (Å²) in [5, 5.41) is 7.93. The molecule has 4 aromatic rings. The number of H-pyrrole nitrogens is 1. The molecule has 12 nitrogen and oxygen atoms in total. The summed E-state index contributed by atoms with van der Waals surface area (Å²) in [6.07, 6.45) is 0. The molecule has 2 aliphatic heterocycles. The number of thiazole rings is 1. The lowest BCUT2D eigenvalue weighted by atomic mass is 9.83. The van der Waals surface area contributed by atoms with Crippen molar-refractivity contribution in [3.8, 4) is 11.5 Å². The van der Waals surface area contributed by atoms with Crippen molar-refractivity contribution in [2.45, 2.75) is 21.1 Å². The van der Waals surface area contributed by atoms with E-state index in [0.717, 1.165) is 16.2 Å². The van der Waals surface area contributed by atoms with Crippen molar-refractivity contribution >= 4 is 73.8 Å². The number of anilines is 2. The zero-order chi connectivity index (χ0) is 32.0. The summed E-state index contributed by atoms with van der Waals surface area (Å²) in [6.45, 7) is -0.399. The molecule has 1 saturated heterocycles. The predicted molar refractivity (Wildman–Crippen MR) is 169 cm³/mol. The lowest BCUT2D eigenvalue weighted by Gasteiger charge is -2.30. The summed E-state index contributed by atoms with van der Waals surface area (Å²) >= 11 is 8.17. The minimum Gasteiger partial charge on any atom is -0.493 e. The normalized spacial score (nSPS) is 19.2. The molecule has 0 spiro atoms. The maximum absolute atomic E-state index is 13.9. The fraction of sp³-hybridized carbons (Fsp3) is 0.172. The summed E-state index contributed by atoms with van der Waals surface area (Å²) in [6, 6.07) is 16.7. The summed E-state index contributed by atoms with van der Waals surface area (Å²) in [7, 11) is -2.45. The Hall–Kier alpha value is -4.15. The van der Waals surface area contributed by atoms with E-state index in [1.807, 2.05) is 0 Å². The quantitative estimate of drug-likeness (QED) is 0.234. The molecule has 16 heteroatoms. The number of amides is 3. The standard InChI is InChI=1S/C29H23ClN4O8S3/c1-41-20-12-14(2-11-19(20)42-13-21(35)32-16-5-9-18(10-6-16)45(31,39)40)22-23-25(43-26-24(22)44-29(38)33-26)28(37)34(27(23)36)17-7-3-15(30)4-8-17/h2-12,22-23,25H,13H2,1H3,(H,32,35)(H,33,38)(H2,31,39,40). The molecule has 45 heavy (non-hydrogen) atoms. The van der Waals surface area contributed by atoms with Crippen LogP contribution in [0.15, 0.2) is 81.4 Å². The molecule has 3 heterocycles. The van der Waals surface area contributed by atoms with Crippen LogP contribution >= 0.6 is 34.7 Å². The minimum atomic E-state index is -3.87. The van der Waals surface area contributed by atoms with Gasteiger partial charge in [-0.05, 0) is 66.2 Å². The van der Waals surface area contributed by atoms with Gasteiger partial charge in [0.05, 0.1) is 28.6 Å². The Kier molecular flexibility index (Phi) is 8.22. The minimum absolute atomic E-state index is 0.0927. The highest BCUT2D eigenvalue weighted by Crippen LogP contribution is 2.53. The lowest BCUT2D eigenvalue weighted by Crippen LogP contribution is -2.32. The van der Waals surface area contributed by atoms with E-state index in [0.29, 0.717) is 31.9 Å². The van der Waals surface area contributed by atoms with Crippen molar-refractivity contribution in [1.82, 2.24) is 4.98 Å². The molecule has 4 N–H and O–H groups in total. The number of primary sulfonamides is 1. The molecule has 3 amide bonds. The molecule has 0 bridgehead atoms. The number of carbonyl (C=O) groups is 3. The smallest absolute Gasteiger partial charge is 0.305 e. The Morgan fingerprint density at radius 2 is 1.73 bits per heavy atom. The molecule has 0 saturated carbocycles. The van der Waals surface area contributed by atoms with Crippen LogP contribution < -0.4 is 29.7 Å². The molecular formula is C29H23ClN4O8S3. The van der Waals surface area contributed by atoms with Crippen LogP contribution in [0.2, 0.25) is 5.02 Å². The molecule has 3 unspecified atom stereocenters. The number of imide groups is 1. The van der Waals surface area contributed by atoms with Gasteiger partial charge in [-0.3, -0.25) is 19.2 Å². The number of thioether (sulfide) groups is 1. The number of ether oxygens (including phenoxy) is 2. The van der Waals surface area contributed by atoms with Crippen LogP contribution in [0.25, 0.3) is 0 Å². The predicted octanol–water partition coefficient (Wildman–Crippen LogP) is 3.56. The number of nitrogens with two attached hydrogens (primary N) is 1. The topological polar surface area (TPSA) is 178 Å². The molecule has 1 fully saturated rings.